The van der Waals surface area contributed by atoms with Gasteiger partial charge in [0.2, 0.25) is 5.91 Å². The van der Waals surface area contributed by atoms with E-state index >= 15 is 0 Å². The summed E-state index contributed by atoms with van der Waals surface area (Å²) >= 11 is 13.4. The highest BCUT2D eigenvalue weighted by molar-refractivity contribution is 7.20. The highest BCUT2D eigenvalue weighted by Gasteiger charge is 2.20. The van der Waals surface area contributed by atoms with Gasteiger partial charge >= 0.3 is 0 Å². The number of anilines is 1. The second-order valence-corrected chi connectivity index (χ2v) is 7.69. The number of aryl methyl sites for hydroxylation is 2. The lowest BCUT2D eigenvalue weighted by Gasteiger charge is -2.16. The normalized spacial score (nSPS) is 11.0. The zero-order valence-corrected chi connectivity index (χ0v) is 16.7. The van der Waals surface area contributed by atoms with Crippen molar-refractivity contribution in [2.24, 2.45) is 7.05 Å². The van der Waals surface area contributed by atoms with E-state index in [2.05, 4.69) is 10.4 Å². The number of amides is 2. The molecule has 0 bridgehead atoms. The van der Waals surface area contributed by atoms with Gasteiger partial charge < -0.3 is 10.2 Å². The fourth-order valence-corrected chi connectivity index (χ4v) is 4.19. The summed E-state index contributed by atoms with van der Waals surface area (Å²) in [6.45, 7) is 1.78. The van der Waals surface area contributed by atoms with Crippen LogP contribution in [0, 0.1) is 6.92 Å². The molecule has 0 aliphatic rings. The van der Waals surface area contributed by atoms with Crippen LogP contribution < -0.4 is 5.32 Å². The Labute approximate surface area is 164 Å². The first-order chi connectivity index (χ1) is 12.3. The molecule has 136 valence electrons. The Morgan fingerprint density at radius 2 is 1.96 bits per heavy atom. The van der Waals surface area contributed by atoms with Crippen molar-refractivity contribution in [1.29, 1.82) is 0 Å². The molecule has 0 aliphatic carbocycles. The standard InChI is InChI=1S/C17H16Cl2N4O2S/c1-9-10-7-13(26-17(10)23(3)21-9)16(25)22(2)8-14(24)20-15-11(18)5-4-6-12(15)19/h4-7H,8H2,1-3H3,(H,20,24). The zero-order chi connectivity index (χ0) is 19.0. The summed E-state index contributed by atoms with van der Waals surface area (Å²) in [6, 6.07) is 6.76. The van der Waals surface area contributed by atoms with Crippen LogP contribution in [-0.2, 0) is 11.8 Å². The fraction of sp³-hybridized carbons (Fsp3) is 0.235. The minimum absolute atomic E-state index is 0.119. The van der Waals surface area contributed by atoms with E-state index in [1.54, 1.807) is 29.9 Å². The second-order valence-electron chi connectivity index (χ2n) is 5.84. The molecule has 9 heteroatoms. The van der Waals surface area contributed by atoms with E-state index in [0.717, 1.165) is 15.9 Å². The zero-order valence-electron chi connectivity index (χ0n) is 14.3. The quantitative estimate of drug-likeness (QED) is 0.707. The number of carbonyl (C=O) groups excluding carboxylic acids is 2. The van der Waals surface area contributed by atoms with Gasteiger partial charge in [0.25, 0.3) is 5.91 Å². The van der Waals surface area contributed by atoms with Crippen molar-refractivity contribution in [3.05, 3.63) is 44.9 Å². The summed E-state index contributed by atoms with van der Waals surface area (Å²) < 4.78 is 1.75. The van der Waals surface area contributed by atoms with Gasteiger partial charge in [-0.3, -0.25) is 14.3 Å². The summed E-state index contributed by atoms with van der Waals surface area (Å²) in [5.41, 5.74) is 1.21. The van der Waals surface area contributed by atoms with Crippen LogP contribution in [0.2, 0.25) is 10.0 Å². The van der Waals surface area contributed by atoms with Crippen molar-refractivity contribution < 1.29 is 9.59 Å². The van der Waals surface area contributed by atoms with Crippen LogP contribution in [0.3, 0.4) is 0 Å². The summed E-state index contributed by atoms with van der Waals surface area (Å²) in [5, 5.41) is 8.59. The van der Waals surface area contributed by atoms with Crippen molar-refractivity contribution in [3.63, 3.8) is 0 Å². The third kappa shape index (κ3) is 3.56. The Kier molecular flexibility index (Phi) is 5.22. The van der Waals surface area contributed by atoms with E-state index in [1.165, 1.54) is 16.2 Å². The monoisotopic (exact) mass is 410 g/mol. The molecule has 0 radical (unpaired) electrons. The van der Waals surface area contributed by atoms with Gasteiger partial charge in [-0.15, -0.1) is 11.3 Å². The molecule has 6 nitrogen and oxygen atoms in total. The number of nitrogens with zero attached hydrogens (tertiary/aromatic N) is 3. The predicted octanol–water partition coefficient (Wildman–Crippen LogP) is 3.96. The Hall–Kier alpha value is -2.09. The van der Waals surface area contributed by atoms with Crippen molar-refractivity contribution in [2.75, 3.05) is 18.9 Å². The number of rotatable bonds is 4. The Balaban J connectivity index is 1.72. The first-order valence-electron chi connectivity index (χ1n) is 7.70. The fourth-order valence-electron chi connectivity index (χ4n) is 2.58. The molecule has 3 aromatic rings. The lowest BCUT2D eigenvalue weighted by molar-refractivity contribution is -0.116. The van der Waals surface area contributed by atoms with Crippen molar-refractivity contribution in [2.45, 2.75) is 6.92 Å². The van der Waals surface area contributed by atoms with Crippen LogP contribution >= 0.6 is 34.5 Å². The highest BCUT2D eigenvalue weighted by Crippen LogP contribution is 2.30. The predicted molar refractivity (Wildman–Crippen MR) is 105 cm³/mol. The van der Waals surface area contributed by atoms with Gasteiger partial charge in [0, 0.05) is 19.5 Å². The smallest absolute Gasteiger partial charge is 0.264 e. The topological polar surface area (TPSA) is 67.2 Å². The third-order valence-corrected chi connectivity index (χ3v) is 5.68. The van der Waals surface area contributed by atoms with Gasteiger partial charge in [0.05, 0.1) is 32.8 Å². The van der Waals surface area contributed by atoms with E-state index in [-0.39, 0.29) is 18.4 Å². The van der Waals surface area contributed by atoms with Gasteiger partial charge in [-0.1, -0.05) is 29.3 Å². The van der Waals surface area contributed by atoms with Crippen LogP contribution in [0.1, 0.15) is 15.4 Å². The van der Waals surface area contributed by atoms with Gasteiger partial charge in [0.15, 0.2) is 0 Å². The summed E-state index contributed by atoms with van der Waals surface area (Å²) in [6.07, 6.45) is 0. The number of aromatic nitrogens is 2. The van der Waals surface area contributed by atoms with Crippen LogP contribution in [0.5, 0.6) is 0 Å². The van der Waals surface area contributed by atoms with E-state index in [0.29, 0.717) is 20.6 Å². The van der Waals surface area contributed by atoms with Gasteiger partial charge in [-0.2, -0.15) is 5.10 Å². The minimum atomic E-state index is -0.380. The SMILES string of the molecule is Cc1nn(C)c2sc(C(=O)N(C)CC(=O)Nc3c(Cl)cccc3Cl)cc12. The maximum absolute atomic E-state index is 12.6. The second kappa shape index (κ2) is 7.26. The Bertz CT molecular complexity index is 957. The number of thiophene rings is 1. The van der Waals surface area contributed by atoms with Crippen molar-refractivity contribution in [1.82, 2.24) is 14.7 Å². The molecule has 1 N–H and O–H groups in total. The molecule has 3 rings (SSSR count). The summed E-state index contributed by atoms with van der Waals surface area (Å²) in [4.78, 5) is 27.7. The average Bonchev–Trinajstić information content (AvgIpc) is 3.12. The molecular formula is C17H16Cl2N4O2S. The molecule has 0 atom stereocenters. The molecule has 2 heterocycles. The number of fused-ring (bicyclic) bond motifs is 1. The van der Waals surface area contributed by atoms with Crippen LogP contribution in [0.25, 0.3) is 10.2 Å². The largest absolute Gasteiger partial charge is 0.332 e. The number of nitrogens with one attached hydrogen (secondary N) is 1. The summed E-state index contributed by atoms with van der Waals surface area (Å²) in [5.74, 6) is -0.610. The summed E-state index contributed by atoms with van der Waals surface area (Å²) in [7, 11) is 3.41. The van der Waals surface area contributed by atoms with Gasteiger partial charge in [-0.25, -0.2) is 0 Å². The molecule has 0 aliphatic heterocycles. The number of hydrogen-bond acceptors (Lipinski definition) is 4. The third-order valence-electron chi connectivity index (χ3n) is 3.86. The molecule has 0 unspecified atom stereocenters. The lowest BCUT2D eigenvalue weighted by atomic mass is 10.3. The van der Waals surface area contributed by atoms with E-state index < -0.39 is 0 Å². The highest BCUT2D eigenvalue weighted by atomic mass is 35.5. The molecule has 0 spiro atoms. The molecule has 0 saturated carbocycles. The van der Waals surface area contributed by atoms with Gasteiger partial charge in [-0.05, 0) is 25.1 Å². The van der Waals surface area contributed by atoms with Crippen LogP contribution in [-0.4, -0.2) is 40.1 Å². The van der Waals surface area contributed by atoms with Crippen LogP contribution in [0.15, 0.2) is 24.3 Å². The number of halogens is 2. The van der Waals surface area contributed by atoms with Gasteiger partial charge in [0.1, 0.15) is 4.83 Å². The number of carbonyl (C=O) groups is 2. The Morgan fingerprint density at radius 3 is 2.58 bits per heavy atom. The molecule has 0 saturated heterocycles. The van der Waals surface area contributed by atoms with E-state index in [9.17, 15) is 9.59 Å². The van der Waals surface area contributed by atoms with E-state index in [4.69, 9.17) is 23.2 Å². The number of benzene rings is 1. The molecule has 2 amide bonds. The Morgan fingerprint density at radius 1 is 1.31 bits per heavy atom. The lowest BCUT2D eigenvalue weighted by Crippen LogP contribution is -2.34. The minimum Gasteiger partial charge on any atom is -0.332 e. The number of likely N-dealkylation sites (N-methyl/N-ethyl adjacent to an activating group) is 1. The maximum atomic E-state index is 12.6. The molecule has 26 heavy (non-hydrogen) atoms. The maximum Gasteiger partial charge on any atom is 0.264 e. The van der Waals surface area contributed by atoms with Crippen molar-refractivity contribution in [3.8, 4) is 0 Å². The van der Waals surface area contributed by atoms with Crippen molar-refractivity contribution >= 4 is 62.3 Å². The first kappa shape index (κ1) is 18.7. The number of hydrogen-bond donors (Lipinski definition) is 1. The molecule has 2 aromatic heterocycles. The molecule has 0 fully saturated rings. The number of para-hydroxylation sites is 1. The van der Waals surface area contributed by atoms with Crippen LogP contribution in [0.4, 0.5) is 5.69 Å². The first-order valence-corrected chi connectivity index (χ1v) is 9.27. The molecular weight excluding hydrogens is 395 g/mol. The van der Waals surface area contributed by atoms with E-state index in [1.807, 2.05) is 20.0 Å². The average molecular weight is 411 g/mol. The molecule has 1 aromatic carbocycles.